The van der Waals surface area contributed by atoms with E-state index in [2.05, 4.69) is 20.8 Å². The average molecular weight is 371 g/mol. The second kappa shape index (κ2) is 7.27. The minimum Gasteiger partial charge on any atom is -0.462 e. The van der Waals surface area contributed by atoms with Crippen LogP contribution < -0.4 is 4.90 Å². The largest absolute Gasteiger partial charge is 0.462 e. The molecule has 0 bridgehead atoms. The zero-order valence-corrected chi connectivity index (χ0v) is 16.2. The monoisotopic (exact) mass is 371 g/mol. The first kappa shape index (κ1) is 19.3. The van der Waals surface area contributed by atoms with Gasteiger partial charge in [0.05, 0.1) is 30.1 Å². The number of nitrogens with zero attached hydrogens (tertiary/aromatic N) is 1. The van der Waals surface area contributed by atoms with E-state index in [1.54, 1.807) is 31.2 Å². The van der Waals surface area contributed by atoms with Gasteiger partial charge in [0.15, 0.2) is 0 Å². The molecule has 6 heteroatoms. The maximum absolute atomic E-state index is 12.2. The van der Waals surface area contributed by atoms with Gasteiger partial charge in [-0.05, 0) is 57.9 Å². The van der Waals surface area contributed by atoms with Crippen molar-refractivity contribution in [2.75, 3.05) is 11.5 Å². The van der Waals surface area contributed by atoms with Gasteiger partial charge in [-0.1, -0.05) is 6.92 Å². The molecule has 6 nitrogen and oxygen atoms in total. The van der Waals surface area contributed by atoms with Crippen molar-refractivity contribution in [2.24, 2.45) is 5.41 Å². The molecule has 2 heterocycles. The van der Waals surface area contributed by atoms with Crippen molar-refractivity contribution < 1.29 is 23.9 Å². The predicted octanol–water partition coefficient (Wildman–Crippen LogP) is 3.26. The second-order valence-corrected chi connectivity index (χ2v) is 7.52. The molecule has 0 aliphatic carbocycles. The van der Waals surface area contributed by atoms with Gasteiger partial charge in [-0.2, -0.15) is 0 Å². The van der Waals surface area contributed by atoms with Gasteiger partial charge in [0, 0.05) is 17.1 Å². The first-order chi connectivity index (χ1) is 12.7. The SMILES string of the molecule is CC1=CC(=O)N(c2ccc(C(=O)OCCCC3(C)C(C)OC3C)cc2)C1=O. The summed E-state index contributed by atoms with van der Waals surface area (Å²) in [5.41, 5.74) is 1.37. The minimum atomic E-state index is -0.411. The highest BCUT2D eigenvalue weighted by atomic mass is 16.5. The molecule has 2 atom stereocenters. The molecule has 2 aliphatic rings. The Morgan fingerprint density at radius 3 is 2.33 bits per heavy atom. The number of hydrogen-bond donors (Lipinski definition) is 0. The predicted molar refractivity (Wildman–Crippen MR) is 100 cm³/mol. The summed E-state index contributed by atoms with van der Waals surface area (Å²) in [5, 5.41) is 0. The number of imide groups is 1. The van der Waals surface area contributed by atoms with E-state index in [1.165, 1.54) is 6.08 Å². The minimum absolute atomic E-state index is 0.134. The lowest BCUT2D eigenvalue weighted by Crippen LogP contribution is -2.54. The molecule has 0 aromatic heterocycles. The Labute approximate surface area is 159 Å². The van der Waals surface area contributed by atoms with E-state index < -0.39 is 5.97 Å². The molecule has 0 radical (unpaired) electrons. The highest BCUT2D eigenvalue weighted by molar-refractivity contribution is 6.30. The summed E-state index contributed by atoms with van der Waals surface area (Å²) in [6.45, 7) is 8.29. The maximum atomic E-state index is 12.2. The molecule has 27 heavy (non-hydrogen) atoms. The number of esters is 1. The molecule has 0 N–H and O–H groups in total. The highest BCUT2D eigenvalue weighted by Gasteiger charge is 2.47. The molecule has 2 unspecified atom stereocenters. The Balaban J connectivity index is 1.51. The van der Waals surface area contributed by atoms with Crippen molar-refractivity contribution in [3.05, 3.63) is 41.5 Å². The fourth-order valence-corrected chi connectivity index (χ4v) is 3.56. The quantitative estimate of drug-likeness (QED) is 0.436. The van der Waals surface area contributed by atoms with Crippen LogP contribution in [-0.4, -0.2) is 36.6 Å². The second-order valence-electron chi connectivity index (χ2n) is 7.52. The molecule has 1 aromatic carbocycles. The average Bonchev–Trinajstić information content (AvgIpc) is 2.90. The first-order valence-corrected chi connectivity index (χ1v) is 9.23. The van der Waals surface area contributed by atoms with Crippen molar-refractivity contribution in [3.63, 3.8) is 0 Å². The van der Waals surface area contributed by atoms with Crippen LogP contribution in [0.3, 0.4) is 0 Å². The van der Waals surface area contributed by atoms with Crippen LogP contribution in [0.5, 0.6) is 0 Å². The Bertz CT molecular complexity index is 787. The third kappa shape index (κ3) is 3.54. The van der Waals surface area contributed by atoms with E-state index in [9.17, 15) is 14.4 Å². The highest BCUT2D eigenvalue weighted by Crippen LogP contribution is 2.44. The summed E-state index contributed by atoms with van der Waals surface area (Å²) in [4.78, 5) is 37.2. The summed E-state index contributed by atoms with van der Waals surface area (Å²) in [6.07, 6.45) is 3.47. The molecule has 1 saturated heterocycles. The number of ether oxygens (including phenoxy) is 2. The Morgan fingerprint density at radius 2 is 1.81 bits per heavy atom. The fourth-order valence-electron chi connectivity index (χ4n) is 3.56. The van der Waals surface area contributed by atoms with E-state index in [0.29, 0.717) is 23.4 Å². The third-order valence-corrected chi connectivity index (χ3v) is 5.82. The molecule has 144 valence electrons. The Morgan fingerprint density at radius 1 is 1.19 bits per heavy atom. The summed E-state index contributed by atoms with van der Waals surface area (Å²) >= 11 is 0. The van der Waals surface area contributed by atoms with Crippen molar-refractivity contribution in [3.8, 4) is 0 Å². The number of hydrogen-bond acceptors (Lipinski definition) is 5. The number of carbonyl (C=O) groups is 3. The van der Waals surface area contributed by atoms with E-state index >= 15 is 0 Å². The van der Waals surface area contributed by atoms with Crippen LogP contribution in [-0.2, 0) is 19.1 Å². The Kier molecular flexibility index (Phi) is 5.20. The Hall–Kier alpha value is -2.47. The van der Waals surface area contributed by atoms with Gasteiger partial charge in [0.1, 0.15) is 0 Å². The van der Waals surface area contributed by atoms with Crippen molar-refractivity contribution >= 4 is 23.5 Å². The number of rotatable bonds is 6. The lowest BCUT2D eigenvalue weighted by Gasteiger charge is -2.51. The topological polar surface area (TPSA) is 72.9 Å². The molecule has 3 rings (SSSR count). The number of anilines is 1. The molecule has 2 aliphatic heterocycles. The van der Waals surface area contributed by atoms with E-state index in [4.69, 9.17) is 9.47 Å². The van der Waals surface area contributed by atoms with Crippen molar-refractivity contribution in [1.82, 2.24) is 0 Å². The lowest BCUT2D eigenvalue weighted by atomic mass is 9.71. The van der Waals surface area contributed by atoms with Gasteiger partial charge in [-0.15, -0.1) is 0 Å². The van der Waals surface area contributed by atoms with Crippen LogP contribution in [0.25, 0.3) is 0 Å². The summed E-state index contributed by atoms with van der Waals surface area (Å²) in [7, 11) is 0. The van der Waals surface area contributed by atoms with Crippen LogP contribution in [0.1, 0.15) is 50.9 Å². The summed E-state index contributed by atoms with van der Waals surface area (Å²) in [6, 6.07) is 6.29. The van der Waals surface area contributed by atoms with Gasteiger partial charge in [-0.25, -0.2) is 9.69 Å². The molecular formula is C21H25NO5. The van der Waals surface area contributed by atoms with Crippen molar-refractivity contribution in [2.45, 2.75) is 52.7 Å². The zero-order valence-electron chi connectivity index (χ0n) is 16.2. The standard InChI is InChI=1S/C21H25NO5/c1-13-12-18(23)22(19(13)24)17-8-6-16(7-9-17)20(25)26-11-5-10-21(4)14(2)27-15(21)3/h6-9,12,14-15H,5,10-11H2,1-4H3. The van der Waals surface area contributed by atoms with Crippen LogP contribution >= 0.6 is 0 Å². The van der Waals surface area contributed by atoms with Crippen LogP contribution in [0.2, 0.25) is 0 Å². The van der Waals surface area contributed by atoms with Crippen LogP contribution in [0.15, 0.2) is 35.9 Å². The van der Waals surface area contributed by atoms with E-state index in [0.717, 1.165) is 17.7 Å². The number of benzene rings is 1. The van der Waals surface area contributed by atoms with Crippen LogP contribution in [0.4, 0.5) is 5.69 Å². The molecule has 0 saturated carbocycles. The number of carbonyl (C=O) groups excluding carboxylic acids is 3. The normalized spacial score (nSPS) is 27.4. The molecule has 1 aromatic rings. The maximum Gasteiger partial charge on any atom is 0.338 e. The molecule has 0 spiro atoms. The van der Waals surface area contributed by atoms with Gasteiger partial charge < -0.3 is 9.47 Å². The smallest absolute Gasteiger partial charge is 0.338 e. The van der Waals surface area contributed by atoms with E-state index in [1.807, 2.05) is 0 Å². The lowest BCUT2D eigenvalue weighted by molar-refractivity contribution is -0.229. The van der Waals surface area contributed by atoms with Gasteiger partial charge >= 0.3 is 5.97 Å². The van der Waals surface area contributed by atoms with Gasteiger partial charge in [0.25, 0.3) is 11.8 Å². The molecule has 1 fully saturated rings. The summed E-state index contributed by atoms with van der Waals surface area (Å²) < 4.78 is 11.0. The third-order valence-electron chi connectivity index (χ3n) is 5.82. The fraction of sp³-hybridized carbons (Fsp3) is 0.476. The molecular weight excluding hydrogens is 346 g/mol. The van der Waals surface area contributed by atoms with Crippen LogP contribution in [0, 0.1) is 5.41 Å². The van der Waals surface area contributed by atoms with Gasteiger partial charge in [-0.3, -0.25) is 9.59 Å². The first-order valence-electron chi connectivity index (χ1n) is 9.23. The van der Waals surface area contributed by atoms with Gasteiger partial charge in [0.2, 0.25) is 0 Å². The van der Waals surface area contributed by atoms with Crippen molar-refractivity contribution in [1.29, 1.82) is 0 Å². The summed E-state index contributed by atoms with van der Waals surface area (Å²) in [5.74, 6) is -1.12. The zero-order chi connectivity index (χ0) is 19.8. The number of amides is 2. The van der Waals surface area contributed by atoms with E-state index in [-0.39, 0.29) is 29.4 Å². The molecule has 2 amide bonds.